The second-order valence-corrected chi connectivity index (χ2v) is 5.53. The van der Waals surface area contributed by atoms with Crippen molar-refractivity contribution in [2.75, 3.05) is 6.54 Å². The van der Waals surface area contributed by atoms with E-state index in [-0.39, 0.29) is 0 Å². The average molecular weight is 225 g/mol. The first kappa shape index (κ1) is 11.1. The Hall–Kier alpha value is -0.380. The third-order valence-corrected chi connectivity index (χ3v) is 4.30. The maximum absolute atomic E-state index is 10.2. The fourth-order valence-corrected chi connectivity index (χ4v) is 2.95. The first-order valence-electron chi connectivity index (χ1n) is 5.69. The zero-order valence-electron chi connectivity index (χ0n) is 9.20. The summed E-state index contributed by atoms with van der Waals surface area (Å²) in [5, 5.41) is 15.7. The summed E-state index contributed by atoms with van der Waals surface area (Å²) < 4.78 is 0. The summed E-state index contributed by atoms with van der Waals surface area (Å²) >= 11 is 1.77. The summed E-state index contributed by atoms with van der Waals surface area (Å²) in [6, 6.07) is 4.57. The first-order chi connectivity index (χ1) is 7.20. The van der Waals surface area contributed by atoms with Crippen molar-refractivity contribution >= 4 is 11.3 Å². The van der Waals surface area contributed by atoms with Crippen LogP contribution in [0.15, 0.2) is 17.5 Å². The lowest BCUT2D eigenvalue weighted by Crippen LogP contribution is -2.38. The van der Waals surface area contributed by atoms with Crippen LogP contribution in [0.2, 0.25) is 0 Å². The molecule has 84 valence electrons. The molecule has 1 aromatic rings. The zero-order chi connectivity index (χ0) is 10.7. The van der Waals surface area contributed by atoms with Crippen molar-refractivity contribution in [1.29, 1.82) is 0 Å². The molecule has 2 nitrogen and oxygen atoms in total. The van der Waals surface area contributed by atoms with Gasteiger partial charge in [-0.3, -0.25) is 0 Å². The van der Waals surface area contributed by atoms with Crippen LogP contribution in [0, 0.1) is 0 Å². The third kappa shape index (κ3) is 2.80. The van der Waals surface area contributed by atoms with Gasteiger partial charge in [-0.2, -0.15) is 0 Å². The molecule has 1 atom stereocenters. The molecular weight excluding hydrogens is 206 g/mol. The molecule has 0 aliphatic heterocycles. The van der Waals surface area contributed by atoms with Crippen LogP contribution in [0.25, 0.3) is 0 Å². The number of nitrogens with one attached hydrogen (secondary N) is 1. The van der Waals surface area contributed by atoms with E-state index in [1.165, 1.54) is 17.7 Å². The predicted octanol–water partition coefficient (Wildman–Crippen LogP) is 2.70. The van der Waals surface area contributed by atoms with E-state index in [0.717, 1.165) is 19.4 Å². The highest BCUT2D eigenvalue weighted by molar-refractivity contribution is 7.10. The summed E-state index contributed by atoms with van der Waals surface area (Å²) in [5.41, 5.74) is -0.439. The van der Waals surface area contributed by atoms with Gasteiger partial charge in [-0.05, 0) is 31.2 Å². The molecule has 0 radical (unpaired) electrons. The predicted molar refractivity (Wildman–Crippen MR) is 64.2 cm³/mol. The second-order valence-electron chi connectivity index (χ2n) is 4.55. The van der Waals surface area contributed by atoms with Crippen molar-refractivity contribution in [3.8, 4) is 0 Å². The Morgan fingerprint density at radius 2 is 2.27 bits per heavy atom. The van der Waals surface area contributed by atoms with Gasteiger partial charge in [0.05, 0.1) is 5.60 Å². The Kier molecular flexibility index (Phi) is 3.44. The monoisotopic (exact) mass is 225 g/mol. The normalized spacial score (nSPS) is 21.7. The molecule has 0 bridgehead atoms. The molecule has 3 heteroatoms. The minimum Gasteiger partial charge on any atom is -0.389 e. The highest BCUT2D eigenvalue weighted by atomic mass is 32.1. The van der Waals surface area contributed by atoms with E-state index < -0.39 is 5.60 Å². The van der Waals surface area contributed by atoms with Crippen molar-refractivity contribution in [3.05, 3.63) is 22.4 Å². The van der Waals surface area contributed by atoms with Crippen molar-refractivity contribution in [2.45, 2.75) is 44.2 Å². The van der Waals surface area contributed by atoms with Crippen LogP contribution >= 0.6 is 11.3 Å². The molecule has 15 heavy (non-hydrogen) atoms. The minimum absolute atomic E-state index is 0.356. The Bertz CT molecular complexity index is 291. The molecule has 2 N–H and O–H groups in total. The van der Waals surface area contributed by atoms with Crippen LogP contribution in [-0.4, -0.2) is 17.3 Å². The standard InChI is InChI=1S/C12H19NOS/c1-10(11-5-4-8-15-11)13-9-12(14)6-2-3-7-12/h4-5,8,10,13-14H,2-3,6-7,9H2,1H3/t10-/m1/s1. The molecule has 1 aromatic heterocycles. The van der Waals surface area contributed by atoms with Gasteiger partial charge in [-0.25, -0.2) is 0 Å². The van der Waals surface area contributed by atoms with Gasteiger partial charge in [0.25, 0.3) is 0 Å². The van der Waals surface area contributed by atoms with Crippen LogP contribution in [0.1, 0.15) is 43.5 Å². The number of thiophene rings is 1. The summed E-state index contributed by atoms with van der Waals surface area (Å²) in [6.45, 7) is 2.89. The summed E-state index contributed by atoms with van der Waals surface area (Å²) in [5.74, 6) is 0. The molecule has 0 aromatic carbocycles. The van der Waals surface area contributed by atoms with E-state index in [1.807, 2.05) is 0 Å². The fraction of sp³-hybridized carbons (Fsp3) is 0.667. The van der Waals surface area contributed by atoms with Gasteiger partial charge in [-0.1, -0.05) is 18.9 Å². The number of aliphatic hydroxyl groups is 1. The molecule has 1 aliphatic carbocycles. The van der Waals surface area contributed by atoms with E-state index in [2.05, 4.69) is 29.8 Å². The van der Waals surface area contributed by atoms with Gasteiger partial charge in [0, 0.05) is 17.5 Å². The second kappa shape index (κ2) is 4.64. The molecule has 0 amide bonds. The Balaban J connectivity index is 1.83. The molecule has 1 heterocycles. The zero-order valence-corrected chi connectivity index (χ0v) is 10.0. The molecule has 0 spiro atoms. The van der Waals surface area contributed by atoms with E-state index in [4.69, 9.17) is 0 Å². The molecule has 0 saturated heterocycles. The number of rotatable bonds is 4. The van der Waals surface area contributed by atoms with Gasteiger partial charge >= 0.3 is 0 Å². The van der Waals surface area contributed by atoms with Gasteiger partial charge in [0.15, 0.2) is 0 Å². The molecular formula is C12H19NOS. The number of hydrogen-bond acceptors (Lipinski definition) is 3. The first-order valence-corrected chi connectivity index (χ1v) is 6.57. The van der Waals surface area contributed by atoms with E-state index >= 15 is 0 Å². The SMILES string of the molecule is C[C@@H](NCC1(O)CCCC1)c1cccs1. The lowest BCUT2D eigenvalue weighted by molar-refractivity contribution is 0.0454. The average Bonchev–Trinajstić information content (AvgIpc) is 2.85. The lowest BCUT2D eigenvalue weighted by atomic mass is 10.0. The molecule has 1 aliphatic rings. The van der Waals surface area contributed by atoms with E-state index in [1.54, 1.807) is 11.3 Å². The Morgan fingerprint density at radius 1 is 1.53 bits per heavy atom. The van der Waals surface area contributed by atoms with Crippen molar-refractivity contribution in [1.82, 2.24) is 5.32 Å². The summed E-state index contributed by atoms with van der Waals surface area (Å²) in [4.78, 5) is 1.34. The highest BCUT2D eigenvalue weighted by Crippen LogP contribution is 2.29. The van der Waals surface area contributed by atoms with Crippen molar-refractivity contribution in [3.63, 3.8) is 0 Å². The van der Waals surface area contributed by atoms with Crippen LogP contribution in [0.3, 0.4) is 0 Å². The van der Waals surface area contributed by atoms with E-state index in [9.17, 15) is 5.11 Å². The Morgan fingerprint density at radius 3 is 2.87 bits per heavy atom. The quantitative estimate of drug-likeness (QED) is 0.826. The smallest absolute Gasteiger partial charge is 0.0771 e. The number of hydrogen-bond donors (Lipinski definition) is 2. The van der Waals surface area contributed by atoms with Crippen LogP contribution in [-0.2, 0) is 0 Å². The maximum Gasteiger partial charge on any atom is 0.0771 e. The molecule has 0 unspecified atom stereocenters. The molecule has 1 fully saturated rings. The highest BCUT2D eigenvalue weighted by Gasteiger charge is 2.31. The lowest BCUT2D eigenvalue weighted by Gasteiger charge is -2.24. The maximum atomic E-state index is 10.2. The topological polar surface area (TPSA) is 32.3 Å². The summed E-state index contributed by atoms with van der Waals surface area (Å²) in [7, 11) is 0. The van der Waals surface area contributed by atoms with Gasteiger partial charge in [-0.15, -0.1) is 11.3 Å². The van der Waals surface area contributed by atoms with Crippen molar-refractivity contribution in [2.24, 2.45) is 0 Å². The third-order valence-electron chi connectivity index (χ3n) is 3.24. The van der Waals surface area contributed by atoms with Crippen LogP contribution in [0.5, 0.6) is 0 Å². The Labute approximate surface area is 95.3 Å². The van der Waals surface area contributed by atoms with Gasteiger partial charge in [0.1, 0.15) is 0 Å². The molecule has 2 rings (SSSR count). The largest absolute Gasteiger partial charge is 0.389 e. The van der Waals surface area contributed by atoms with Crippen LogP contribution < -0.4 is 5.32 Å². The van der Waals surface area contributed by atoms with Gasteiger partial charge in [0.2, 0.25) is 0 Å². The fourth-order valence-electron chi connectivity index (χ4n) is 2.19. The van der Waals surface area contributed by atoms with Gasteiger partial charge < -0.3 is 10.4 Å². The summed E-state index contributed by atoms with van der Waals surface area (Å²) in [6.07, 6.45) is 4.26. The minimum atomic E-state index is -0.439. The van der Waals surface area contributed by atoms with Crippen molar-refractivity contribution < 1.29 is 5.11 Å². The molecule has 1 saturated carbocycles. The van der Waals surface area contributed by atoms with E-state index in [0.29, 0.717) is 6.04 Å². The van der Waals surface area contributed by atoms with Crippen LogP contribution in [0.4, 0.5) is 0 Å².